The number of nitrogens with zero attached hydrogens (tertiary/aromatic N) is 2. The van der Waals surface area contributed by atoms with Gasteiger partial charge in [-0.05, 0) is 33.9 Å². The molecule has 0 spiro atoms. The van der Waals surface area contributed by atoms with Gasteiger partial charge < -0.3 is 10.0 Å². The van der Waals surface area contributed by atoms with Gasteiger partial charge in [0.1, 0.15) is 5.01 Å². The molecule has 0 bridgehead atoms. The molecule has 1 unspecified atom stereocenters. The molecule has 1 fully saturated rings. The SMILES string of the molecule is CC(O)C1(c2ncc(CN(C)C)s2)CC1. The Morgan fingerprint density at radius 3 is 2.73 bits per heavy atom. The maximum absolute atomic E-state index is 9.74. The van der Waals surface area contributed by atoms with Crippen LogP contribution in [0.3, 0.4) is 0 Å². The minimum absolute atomic E-state index is 0.00473. The van der Waals surface area contributed by atoms with Crippen molar-refractivity contribution in [2.45, 2.75) is 37.8 Å². The number of aliphatic hydroxyl groups excluding tert-OH is 1. The van der Waals surface area contributed by atoms with Crippen LogP contribution in [-0.2, 0) is 12.0 Å². The van der Waals surface area contributed by atoms with Crippen LogP contribution < -0.4 is 0 Å². The van der Waals surface area contributed by atoms with E-state index in [1.54, 1.807) is 11.3 Å². The Kier molecular flexibility index (Phi) is 2.83. The highest BCUT2D eigenvalue weighted by atomic mass is 32.1. The van der Waals surface area contributed by atoms with Gasteiger partial charge in [0, 0.05) is 23.0 Å². The first-order chi connectivity index (χ1) is 7.04. The van der Waals surface area contributed by atoms with E-state index in [-0.39, 0.29) is 11.5 Å². The zero-order valence-corrected chi connectivity index (χ0v) is 10.3. The van der Waals surface area contributed by atoms with Crippen LogP contribution in [-0.4, -0.2) is 35.2 Å². The molecule has 1 aromatic heterocycles. The Balaban J connectivity index is 2.14. The topological polar surface area (TPSA) is 36.4 Å². The van der Waals surface area contributed by atoms with Crippen LogP contribution in [0.15, 0.2) is 6.20 Å². The summed E-state index contributed by atoms with van der Waals surface area (Å²) in [6, 6.07) is 0. The van der Waals surface area contributed by atoms with Crippen LogP contribution in [0.25, 0.3) is 0 Å². The van der Waals surface area contributed by atoms with Crippen LogP contribution in [0.5, 0.6) is 0 Å². The van der Waals surface area contributed by atoms with Gasteiger partial charge >= 0.3 is 0 Å². The molecule has 1 aliphatic carbocycles. The fourth-order valence-corrected chi connectivity index (χ4v) is 3.23. The predicted molar refractivity (Wildman–Crippen MR) is 62.1 cm³/mol. The van der Waals surface area contributed by atoms with Gasteiger partial charge in [-0.3, -0.25) is 0 Å². The fraction of sp³-hybridized carbons (Fsp3) is 0.727. The van der Waals surface area contributed by atoms with Crippen LogP contribution in [0.4, 0.5) is 0 Å². The summed E-state index contributed by atoms with van der Waals surface area (Å²) in [4.78, 5) is 7.87. The number of hydrogen-bond donors (Lipinski definition) is 1. The van der Waals surface area contributed by atoms with Gasteiger partial charge in [0.2, 0.25) is 0 Å². The Hall–Kier alpha value is -0.450. The second-order valence-electron chi connectivity index (χ2n) is 4.70. The zero-order valence-electron chi connectivity index (χ0n) is 9.53. The summed E-state index contributed by atoms with van der Waals surface area (Å²) in [5, 5.41) is 10.9. The predicted octanol–water partition coefficient (Wildman–Crippen LogP) is 1.62. The van der Waals surface area contributed by atoms with Crippen LogP contribution in [0.2, 0.25) is 0 Å². The lowest BCUT2D eigenvalue weighted by molar-refractivity contribution is 0.150. The number of hydrogen-bond acceptors (Lipinski definition) is 4. The Bertz CT molecular complexity index is 342. The van der Waals surface area contributed by atoms with E-state index in [1.807, 2.05) is 13.1 Å². The molecular formula is C11H18N2OS. The van der Waals surface area contributed by atoms with Gasteiger partial charge in [0.05, 0.1) is 6.10 Å². The van der Waals surface area contributed by atoms with Gasteiger partial charge in [-0.1, -0.05) is 0 Å². The lowest BCUT2D eigenvalue weighted by Crippen LogP contribution is -2.22. The minimum Gasteiger partial charge on any atom is -0.392 e. The summed E-state index contributed by atoms with van der Waals surface area (Å²) >= 11 is 1.75. The summed E-state index contributed by atoms with van der Waals surface area (Å²) in [7, 11) is 4.11. The number of aromatic nitrogens is 1. The molecule has 1 heterocycles. The van der Waals surface area contributed by atoms with E-state index in [1.165, 1.54) is 4.88 Å². The molecule has 0 aliphatic heterocycles. The second kappa shape index (κ2) is 3.85. The van der Waals surface area contributed by atoms with Crippen molar-refractivity contribution in [3.63, 3.8) is 0 Å². The van der Waals surface area contributed by atoms with Crippen molar-refractivity contribution < 1.29 is 5.11 Å². The van der Waals surface area contributed by atoms with Crippen LogP contribution >= 0.6 is 11.3 Å². The van der Waals surface area contributed by atoms with Crippen molar-refractivity contribution in [2.24, 2.45) is 0 Å². The largest absolute Gasteiger partial charge is 0.392 e. The summed E-state index contributed by atoms with van der Waals surface area (Å²) in [6.45, 7) is 2.81. The molecule has 2 rings (SSSR count). The molecule has 0 amide bonds. The minimum atomic E-state index is -0.268. The van der Waals surface area contributed by atoms with Crippen LogP contribution in [0, 0.1) is 0 Å². The molecule has 84 valence electrons. The lowest BCUT2D eigenvalue weighted by atomic mass is 10.0. The maximum Gasteiger partial charge on any atom is 0.102 e. The summed E-state index contributed by atoms with van der Waals surface area (Å²) in [6.07, 6.45) is 3.84. The number of rotatable bonds is 4. The van der Waals surface area contributed by atoms with Crippen molar-refractivity contribution in [3.05, 3.63) is 16.1 Å². The molecule has 1 N–H and O–H groups in total. The first kappa shape index (κ1) is 11.0. The Morgan fingerprint density at radius 1 is 1.60 bits per heavy atom. The van der Waals surface area contributed by atoms with Crippen molar-refractivity contribution in [1.29, 1.82) is 0 Å². The summed E-state index contributed by atoms with van der Waals surface area (Å²) in [5.41, 5.74) is -0.00473. The van der Waals surface area contributed by atoms with E-state index < -0.39 is 0 Å². The second-order valence-corrected chi connectivity index (χ2v) is 5.82. The summed E-state index contributed by atoms with van der Waals surface area (Å²) < 4.78 is 0. The van der Waals surface area contributed by atoms with E-state index in [0.29, 0.717) is 0 Å². The maximum atomic E-state index is 9.74. The first-order valence-corrected chi connectivity index (χ1v) is 6.14. The highest BCUT2D eigenvalue weighted by Crippen LogP contribution is 2.52. The molecule has 0 radical (unpaired) electrons. The molecule has 1 atom stereocenters. The third-order valence-corrected chi connectivity index (χ3v) is 4.24. The molecule has 1 saturated carbocycles. The molecule has 1 aliphatic rings. The smallest absolute Gasteiger partial charge is 0.102 e. The highest BCUT2D eigenvalue weighted by Gasteiger charge is 2.50. The molecule has 0 saturated heterocycles. The van der Waals surface area contributed by atoms with Crippen molar-refractivity contribution in [1.82, 2.24) is 9.88 Å². The van der Waals surface area contributed by atoms with Crippen molar-refractivity contribution >= 4 is 11.3 Å². The molecule has 4 heteroatoms. The monoisotopic (exact) mass is 226 g/mol. The average Bonchev–Trinajstić information content (AvgIpc) is 2.83. The van der Waals surface area contributed by atoms with Crippen molar-refractivity contribution in [3.8, 4) is 0 Å². The Morgan fingerprint density at radius 2 is 2.27 bits per heavy atom. The average molecular weight is 226 g/mol. The molecular weight excluding hydrogens is 208 g/mol. The van der Waals surface area contributed by atoms with Gasteiger partial charge in [0.15, 0.2) is 0 Å². The molecule has 15 heavy (non-hydrogen) atoms. The van der Waals surface area contributed by atoms with E-state index in [4.69, 9.17) is 0 Å². The quantitative estimate of drug-likeness (QED) is 0.847. The van der Waals surface area contributed by atoms with Gasteiger partial charge in [-0.2, -0.15) is 0 Å². The third kappa shape index (κ3) is 2.07. The molecule has 1 aromatic rings. The van der Waals surface area contributed by atoms with Gasteiger partial charge in [0.25, 0.3) is 0 Å². The molecule has 0 aromatic carbocycles. The van der Waals surface area contributed by atoms with Gasteiger partial charge in [-0.15, -0.1) is 11.3 Å². The fourth-order valence-electron chi connectivity index (χ4n) is 1.87. The van der Waals surface area contributed by atoms with E-state index in [2.05, 4.69) is 24.0 Å². The van der Waals surface area contributed by atoms with Crippen LogP contribution in [0.1, 0.15) is 29.7 Å². The molecule has 3 nitrogen and oxygen atoms in total. The van der Waals surface area contributed by atoms with E-state index in [0.717, 1.165) is 24.4 Å². The van der Waals surface area contributed by atoms with Gasteiger partial charge in [-0.25, -0.2) is 4.98 Å². The lowest BCUT2D eigenvalue weighted by Gasteiger charge is -2.14. The zero-order chi connectivity index (χ0) is 11.1. The Labute approximate surface area is 94.8 Å². The standard InChI is InChI=1S/C11H18N2OS/c1-8(14)11(4-5-11)10-12-6-9(15-10)7-13(2)3/h6,8,14H,4-5,7H2,1-3H3. The first-order valence-electron chi connectivity index (χ1n) is 5.32. The van der Waals surface area contributed by atoms with Crippen molar-refractivity contribution in [2.75, 3.05) is 14.1 Å². The third-order valence-electron chi connectivity index (χ3n) is 3.04. The van der Waals surface area contributed by atoms with E-state index >= 15 is 0 Å². The highest BCUT2D eigenvalue weighted by molar-refractivity contribution is 7.11. The number of aliphatic hydroxyl groups is 1. The normalized spacial score (nSPS) is 20.6. The summed E-state index contributed by atoms with van der Waals surface area (Å²) in [5.74, 6) is 0. The number of thiazole rings is 1. The van der Waals surface area contributed by atoms with E-state index in [9.17, 15) is 5.11 Å².